The topological polar surface area (TPSA) is 29.1 Å². The minimum Gasteiger partial charge on any atom is -0.295 e. The monoisotopic (exact) mass is 183 g/mol. The summed E-state index contributed by atoms with van der Waals surface area (Å²) in [5, 5.41) is 0. The number of carbonyl (C=O) groups excluding carboxylic acids is 1. The molecule has 0 spiro atoms. The number of rotatable bonds is 3. The molecule has 0 aliphatic rings. The Morgan fingerprint density at radius 3 is 2.42 bits per heavy atom. The lowest BCUT2D eigenvalue weighted by Gasteiger charge is -1.99. The molecule has 0 saturated heterocycles. The largest absolute Gasteiger partial charge is 0.295 e. The molecule has 0 aliphatic heterocycles. The first kappa shape index (κ1) is 9.23. The Bertz CT molecular complexity index is 268. The van der Waals surface area contributed by atoms with E-state index in [9.17, 15) is 4.79 Å². The zero-order valence-corrected chi connectivity index (χ0v) is 7.56. The summed E-state index contributed by atoms with van der Waals surface area (Å²) in [6.45, 7) is 2.16. The van der Waals surface area contributed by atoms with E-state index in [-0.39, 0.29) is 5.78 Å². The summed E-state index contributed by atoms with van der Waals surface area (Å²) >= 11 is 5.32. The van der Waals surface area contributed by atoms with Gasteiger partial charge >= 0.3 is 0 Å². The lowest BCUT2D eigenvalue weighted by Crippen LogP contribution is -1.99. The Labute approximate surface area is 76.7 Å². The molecule has 0 unspecified atom stereocenters. The van der Waals surface area contributed by atoms with Gasteiger partial charge in [-0.25, -0.2) is 4.84 Å². The molecule has 0 bridgehead atoms. The normalized spacial score (nSPS) is 9.83. The third-order valence-corrected chi connectivity index (χ3v) is 1.77. The van der Waals surface area contributed by atoms with Crippen LogP contribution in [0.5, 0.6) is 0 Å². The summed E-state index contributed by atoms with van der Waals surface area (Å²) < 4.78 is 0. The molecule has 0 aromatic heterocycles. The molecule has 0 atom stereocenters. The fourth-order valence-electron chi connectivity index (χ4n) is 0.934. The third-order valence-electron chi connectivity index (χ3n) is 1.63. The van der Waals surface area contributed by atoms with Gasteiger partial charge in [-0.3, -0.25) is 4.79 Å². The van der Waals surface area contributed by atoms with Crippen LogP contribution < -0.4 is 4.84 Å². The maximum Gasteiger partial charge on any atom is 0.159 e. The van der Waals surface area contributed by atoms with E-state index in [1.807, 2.05) is 12.1 Å². The van der Waals surface area contributed by atoms with Gasteiger partial charge in [-0.15, -0.1) is 0 Å². The summed E-state index contributed by atoms with van der Waals surface area (Å²) in [6.07, 6.45) is 0. The second-order valence-corrected chi connectivity index (χ2v) is 2.83. The highest BCUT2D eigenvalue weighted by Gasteiger charge is 1.97. The standard InChI is InChI=1S/C9H10ClNO/c1-7(12)9-4-2-8(3-5-9)6-11-10/h2-5,11H,6H2,1H3. The average molecular weight is 184 g/mol. The quantitative estimate of drug-likeness (QED) is 0.575. The third kappa shape index (κ3) is 2.32. The van der Waals surface area contributed by atoms with Gasteiger partial charge in [-0.2, -0.15) is 0 Å². The van der Waals surface area contributed by atoms with Crippen LogP contribution in [0, 0.1) is 0 Å². The van der Waals surface area contributed by atoms with Crippen molar-refractivity contribution in [1.29, 1.82) is 0 Å². The van der Waals surface area contributed by atoms with Crippen molar-refractivity contribution in [2.75, 3.05) is 0 Å². The second kappa shape index (κ2) is 4.24. The van der Waals surface area contributed by atoms with Crippen molar-refractivity contribution < 1.29 is 4.79 Å². The van der Waals surface area contributed by atoms with Crippen LogP contribution >= 0.6 is 11.8 Å². The van der Waals surface area contributed by atoms with E-state index in [0.29, 0.717) is 6.54 Å². The highest BCUT2D eigenvalue weighted by Crippen LogP contribution is 2.04. The minimum absolute atomic E-state index is 0.0837. The Morgan fingerprint density at radius 1 is 1.42 bits per heavy atom. The number of nitrogens with one attached hydrogen (secondary N) is 1. The molecule has 12 heavy (non-hydrogen) atoms. The Morgan fingerprint density at radius 2 is 2.00 bits per heavy atom. The molecule has 0 fully saturated rings. The SMILES string of the molecule is CC(=O)c1ccc(CNCl)cc1. The number of Topliss-reactive ketones (excluding diaryl/α,β-unsaturated/α-hetero) is 1. The highest BCUT2D eigenvalue weighted by molar-refractivity contribution is 6.13. The summed E-state index contributed by atoms with van der Waals surface area (Å²) in [5.74, 6) is 0.0837. The van der Waals surface area contributed by atoms with Crippen LogP contribution in [0.2, 0.25) is 0 Å². The van der Waals surface area contributed by atoms with Crippen LogP contribution in [0.3, 0.4) is 0 Å². The van der Waals surface area contributed by atoms with Crippen LogP contribution in [0.15, 0.2) is 24.3 Å². The number of hydrogen-bond acceptors (Lipinski definition) is 2. The Balaban J connectivity index is 2.78. The first-order valence-corrected chi connectivity index (χ1v) is 4.05. The molecule has 1 aromatic carbocycles. The molecule has 0 saturated carbocycles. The molecule has 64 valence electrons. The van der Waals surface area contributed by atoms with E-state index in [1.54, 1.807) is 19.1 Å². The molecule has 0 amide bonds. The van der Waals surface area contributed by atoms with E-state index in [2.05, 4.69) is 4.84 Å². The zero-order chi connectivity index (χ0) is 8.97. The van der Waals surface area contributed by atoms with E-state index in [4.69, 9.17) is 11.8 Å². The second-order valence-electron chi connectivity index (χ2n) is 2.56. The molecule has 1 N–H and O–H groups in total. The molecule has 0 heterocycles. The Hall–Kier alpha value is -0.860. The van der Waals surface area contributed by atoms with Crippen molar-refractivity contribution in [1.82, 2.24) is 4.84 Å². The number of carbonyl (C=O) groups is 1. The maximum atomic E-state index is 10.9. The zero-order valence-electron chi connectivity index (χ0n) is 6.80. The molecule has 2 nitrogen and oxygen atoms in total. The van der Waals surface area contributed by atoms with E-state index in [0.717, 1.165) is 11.1 Å². The first-order valence-electron chi connectivity index (χ1n) is 3.67. The maximum absolute atomic E-state index is 10.9. The summed E-state index contributed by atoms with van der Waals surface area (Å²) in [6, 6.07) is 7.36. The van der Waals surface area contributed by atoms with Crippen LogP contribution in [0.4, 0.5) is 0 Å². The van der Waals surface area contributed by atoms with Gasteiger partial charge in [0, 0.05) is 12.1 Å². The van der Waals surface area contributed by atoms with Crippen LogP contribution in [0.25, 0.3) is 0 Å². The molecule has 0 radical (unpaired) electrons. The molecular weight excluding hydrogens is 174 g/mol. The van der Waals surface area contributed by atoms with Gasteiger partial charge in [-0.05, 0) is 24.3 Å². The number of halogens is 1. The van der Waals surface area contributed by atoms with Crippen molar-refractivity contribution in [2.45, 2.75) is 13.5 Å². The lowest BCUT2D eigenvalue weighted by atomic mass is 10.1. The van der Waals surface area contributed by atoms with Gasteiger partial charge < -0.3 is 0 Å². The molecular formula is C9H10ClNO. The fraction of sp³-hybridized carbons (Fsp3) is 0.222. The van der Waals surface area contributed by atoms with Crippen LogP contribution in [0.1, 0.15) is 22.8 Å². The summed E-state index contributed by atoms with van der Waals surface area (Å²) in [4.78, 5) is 13.4. The summed E-state index contributed by atoms with van der Waals surface area (Å²) in [7, 11) is 0. The van der Waals surface area contributed by atoms with E-state index < -0.39 is 0 Å². The fourth-order valence-corrected chi connectivity index (χ4v) is 1.09. The lowest BCUT2D eigenvalue weighted by molar-refractivity contribution is 0.101. The molecule has 1 rings (SSSR count). The average Bonchev–Trinajstić information content (AvgIpc) is 2.06. The van der Waals surface area contributed by atoms with Crippen molar-refractivity contribution in [3.05, 3.63) is 35.4 Å². The van der Waals surface area contributed by atoms with Crippen molar-refractivity contribution in [2.24, 2.45) is 0 Å². The van der Waals surface area contributed by atoms with Gasteiger partial charge in [0.25, 0.3) is 0 Å². The van der Waals surface area contributed by atoms with E-state index >= 15 is 0 Å². The van der Waals surface area contributed by atoms with E-state index in [1.165, 1.54) is 0 Å². The van der Waals surface area contributed by atoms with Gasteiger partial charge in [0.1, 0.15) is 0 Å². The van der Waals surface area contributed by atoms with Crippen molar-refractivity contribution in [3.63, 3.8) is 0 Å². The predicted molar refractivity (Wildman–Crippen MR) is 49.1 cm³/mol. The molecule has 0 aliphatic carbocycles. The van der Waals surface area contributed by atoms with Gasteiger partial charge in [-0.1, -0.05) is 24.3 Å². The first-order chi connectivity index (χ1) is 5.74. The van der Waals surface area contributed by atoms with Crippen molar-refractivity contribution >= 4 is 17.6 Å². The van der Waals surface area contributed by atoms with Gasteiger partial charge in [0.2, 0.25) is 0 Å². The summed E-state index contributed by atoms with van der Waals surface area (Å²) in [5.41, 5.74) is 1.79. The molecule has 1 aromatic rings. The number of ketones is 1. The highest BCUT2D eigenvalue weighted by atomic mass is 35.5. The molecule has 3 heteroatoms. The smallest absolute Gasteiger partial charge is 0.159 e. The van der Waals surface area contributed by atoms with Gasteiger partial charge in [0.15, 0.2) is 5.78 Å². The number of hydrogen-bond donors (Lipinski definition) is 1. The van der Waals surface area contributed by atoms with Crippen LogP contribution in [-0.4, -0.2) is 5.78 Å². The Kier molecular flexibility index (Phi) is 3.26. The van der Waals surface area contributed by atoms with Gasteiger partial charge in [0.05, 0.1) is 0 Å². The minimum atomic E-state index is 0.0837. The van der Waals surface area contributed by atoms with Crippen LogP contribution in [-0.2, 0) is 6.54 Å². The number of benzene rings is 1. The predicted octanol–water partition coefficient (Wildman–Crippen LogP) is 2.13. The van der Waals surface area contributed by atoms with Crippen molar-refractivity contribution in [3.8, 4) is 0 Å².